The first kappa shape index (κ1) is 13.8. The van der Waals surface area contributed by atoms with Gasteiger partial charge in [0.15, 0.2) is 0 Å². The Morgan fingerprint density at radius 2 is 2.11 bits per heavy atom. The Morgan fingerprint density at radius 3 is 2.79 bits per heavy atom. The van der Waals surface area contributed by atoms with Crippen LogP contribution in [0.25, 0.3) is 10.1 Å². The van der Waals surface area contributed by atoms with E-state index in [0.29, 0.717) is 10.6 Å². The fourth-order valence-electron chi connectivity index (χ4n) is 1.61. The highest BCUT2D eigenvalue weighted by Crippen LogP contribution is 2.27. The molecule has 0 unspecified atom stereocenters. The second kappa shape index (κ2) is 5.18. The van der Waals surface area contributed by atoms with Gasteiger partial charge in [0.1, 0.15) is 9.84 Å². The zero-order valence-electron chi connectivity index (χ0n) is 10.3. The first-order valence-electron chi connectivity index (χ1n) is 5.60. The van der Waals surface area contributed by atoms with Crippen molar-refractivity contribution >= 4 is 42.9 Å². The molecule has 1 aromatic heterocycles. The summed E-state index contributed by atoms with van der Waals surface area (Å²) in [6.45, 7) is 0.119. The van der Waals surface area contributed by atoms with Crippen LogP contribution in [0.1, 0.15) is 9.67 Å². The van der Waals surface area contributed by atoms with Crippen LogP contribution in [0.2, 0.25) is 0 Å². The lowest BCUT2D eigenvalue weighted by Gasteiger charge is -2.01. The van der Waals surface area contributed by atoms with E-state index >= 15 is 0 Å². The summed E-state index contributed by atoms with van der Waals surface area (Å²) in [6, 6.07) is 7.21. The van der Waals surface area contributed by atoms with Gasteiger partial charge in [-0.2, -0.15) is 0 Å². The molecule has 0 radical (unpaired) electrons. The lowest BCUT2D eigenvalue weighted by Crippen LogP contribution is -2.28. The third kappa shape index (κ3) is 3.68. The van der Waals surface area contributed by atoms with Gasteiger partial charge >= 0.3 is 0 Å². The van der Waals surface area contributed by atoms with Crippen molar-refractivity contribution in [3.05, 3.63) is 29.1 Å². The normalized spacial score (nSPS) is 11.6. The van der Waals surface area contributed by atoms with E-state index in [0.717, 1.165) is 16.3 Å². The Kier molecular flexibility index (Phi) is 3.77. The number of anilines is 1. The maximum Gasteiger partial charge on any atom is 0.261 e. The number of rotatable bonds is 4. The number of carbonyl (C=O) groups excluding carboxylic acids is 1. The van der Waals surface area contributed by atoms with E-state index in [2.05, 4.69) is 5.32 Å². The third-order valence-electron chi connectivity index (χ3n) is 2.52. The largest absolute Gasteiger partial charge is 0.399 e. The van der Waals surface area contributed by atoms with E-state index in [4.69, 9.17) is 5.73 Å². The molecular weight excluding hydrogens is 284 g/mol. The first-order chi connectivity index (χ1) is 8.85. The van der Waals surface area contributed by atoms with Crippen LogP contribution >= 0.6 is 11.3 Å². The molecule has 5 nitrogen and oxygen atoms in total. The first-order valence-corrected chi connectivity index (χ1v) is 8.48. The maximum atomic E-state index is 11.9. The van der Waals surface area contributed by atoms with Crippen molar-refractivity contribution in [1.29, 1.82) is 0 Å². The van der Waals surface area contributed by atoms with Crippen LogP contribution in [0, 0.1) is 0 Å². The van der Waals surface area contributed by atoms with Gasteiger partial charge in [0.05, 0.1) is 10.6 Å². The number of sulfone groups is 1. The number of thiophene rings is 1. The number of carbonyl (C=O) groups is 1. The lowest BCUT2D eigenvalue weighted by atomic mass is 10.2. The average Bonchev–Trinajstić information content (AvgIpc) is 2.70. The van der Waals surface area contributed by atoms with Crippen molar-refractivity contribution in [2.24, 2.45) is 0 Å². The van der Waals surface area contributed by atoms with E-state index in [9.17, 15) is 13.2 Å². The van der Waals surface area contributed by atoms with Crippen LogP contribution in [-0.4, -0.2) is 32.9 Å². The van der Waals surface area contributed by atoms with Gasteiger partial charge in [0, 0.05) is 23.2 Å². The van der Waals surface area contributed by atoms with E-state index in [1.165, 1.54) is 11.3 Å². The molecule has 0 aliphatic carbocycles. The smallest absolute Gasteiger partial charge is 0.261 e. The second-order valence-electron chi connectivity index (χ2n) is 4.29. The van der Waals surface area contributed by atoms with Crippen LogP contribution in [0.5, 0.6) is 0 Å². The SMILES string of the molecule is CS(=O)(=O)CCNC(=O)c1cc2cc(N)ccc2s1. The zero-order chi connectivity index (χ0) is 14.0. The Balaban J connectivity index is 2.09. The van der Waals surface area contributed by atoms with Gasteiger partial charge in [-0.15, -0.1) is 11.3 Å². The molecular formula is C12H14N2O3S2. The summed E-state index contributed by atoms with van der Waals surface area (Å²) in [5.74, 6) is -0.320. The molecule has 0 bridgehead atoms. The predicted octanol–water partition coefficient (Wildman–Crippen LogP) is 1.26. The molecule has 0 aliphatic heterocycles. The van der Waals surface area contributed by atoms with E-state index in [-0.39, 0.29) is 18.2 Å². The number of nitrogen functional groups attached to an aromatic ring is 1. The van der Waals surface area contributed by atoms with Gasteiger partial charge in [-0.3, -0.25) is 4.79 Å². The molecule has 19 heavy (non-hydrogen) atoms. The summed E-state index contributed by atoms with van der Waals surface area (Å²) < 4.78 is 22.9. The van der Waals surface area contributed by atoms with Crippen molar-refractivity contribution in [1.82, 2.24) is 5.32 Å². The summed E-state index contributed by atoms with van der Waals surface area (Å²) in [6.07, 6.45) is 1.14. The highest BCUT2D eigenvalue weighted by atomic mass is 32.2. The summed E-state index contributed by atoms with van der Waals surface area (Å²) >= 11 is 1.35. The number of hydrogen-bond donors (Lipinski definition) is 2. The Morgan fingerprint density at radius 1 is 1.37 bits per heavy atom. The minimum atomic E-state index is -3.06. The fraction of sp³-hybridized carbons (Fsp3) is 0.250. The van der Waals surface area contributed by atoms with E-state index < -0.39 is 9.84 Å². The van der Waals surface area contributed by atoms with E-state index in [1.54, 1.807) is 18.2 Å². The minimum absolute atomic E-state index is 0.0589. The van der Waals surface area contributed by atoms with Crippen molar-refractivity contribution < 1.29 is 13.2 Å². The molecule has 1 amide bonds. The molecule has 2 aromatic rings. The van der Waals surface area contributed by atoms with Crippen molar-refractivity contribution in [3.63, 3.8) is 0 Å². The van der Waals surface area contributed by atoms with Gasteiger partial charge in [0.2, 0.25) is 0 Å². The summed E-state index contributed by atoms with van der Waals surface area (Å²) in [5, 5.41) is 3.51. The molecule has 0 aliphatic rings. The van der Waals surface area contributed by atoms with Crippen LogP contribution in [0.3, 0.4) is 0 Å². The molecule has 7 heteroatoms. The second-order valence-corrected chi connectivity index (χ2v) is 7.64. The van der Waals surface area contributed by atoms with Crippen molar-refractivity contribution in [3.8, 4) is 0 Å². The van der Waals surface area contributed by atoms with Crippen molar-refractivity contribution in [2.45, 2.75) is 0 Å². The average molecular weight is 298 g/mol. The summed E-state index contributed by atoms with van der Waals surface area (Å²) in [7, 11) is -3.06. The van der Waals surface area contributed by atoms with Gasteiger partial charge < -0.3 is 11.1 Å². The zero-order valence-corrected chi connectivity index (χ0v) is 12.0. The molecule has 0 fully saturated rings. The third-order valence-corrected chi connectivity index (χ3v) is 4.58. The van der Waals surface area contributed by atoms with E-state index in [1.807, 2.05) is 6.07 Å². The number of amides is 1. The monoisotopic (exact) mass is 298 g/mol. The van der Waals surface area contributed by atoms with Crippen molar-refractivity contribution in [2.75, 3.05) is 24.3 Å². The number of nitrogens with two attached hydrogens (primary N) is 1. The quantitative estimate of drug-likeness (QED) is 0.832. The number of benzene rings is 1. The Hall–Kier alpha value is -1.60. The highest BCUT2D eigenvalue weighted by Gasteiger charge is 2.11. The summed E-state index contributed by atoms with van der Waals surface area (Å²) in [4.78, 5) is 12.4. The van der Waals surface area contributed by atoms with Crippen LogP contribution < -0.4 is 11.1 Å². The maximum absolute atomic E-state index is 11.9. The molecule has 0 atom stereocenters. The van der Waals surface area contributed by atoms with Crippen LogP contribution in [-0.2, 0) is 9.84 Å². The van der Waals surface area contributed by atoms with Crippen LogP contribution in [0.15, 0.2) is 24.3 Å². The molecule has 3 N–H and O–H groups in total. The lowest BCUT2D eigenvalue weighted by molar-refractivity contribution is 0.0960. The standard InChI is InChI=1S/C12H14N2O3S2/c1-19(16,17)5-4-14-12(15)11-7-8-6-9(13)2-3-10(8)18-11/h2-3,6-7H,4-5,13H2,1H3,(H,14,15). The van der Waals surface area contributed by atoms with Gasteiger partial charge in [-0.25, -0.2) is 8.42 Å². The Labute approximate surface area is 115 Å². The number of hydrogen-bond acceptors (Lipinski definition) is 5. The molecule has 102 valence electrons. The topological polar surface area (TPSA) is 89.3 Å². The Bertz CT molecular complexity index is 720. The number of fused-ring (bicyclic) bond motifs is 1. The molecule has 2 rings (SSSR count). The molecule has 1 heterocycles. The highest BCUT2D eigenvalue weighted by molar-refractivity contribution is 7.90. The van der Waals surface area contributed by atoms with Gasteiger partial charge in [0.25, 0.3) is 5.91 Å². The predicted molar refractivity (Wildman–Crippen MR) is 78.3 cm³/mol. The van der Waals surface area contributed by atoms with Gasteiger partial charge in [-0.1, -0.05) is 0 Å². The minimum Gasteiger partial charge on any atom is -0.399 e. The molecule has 0 spiro atoms. The summed E-state index contributed by atoms with van der Waals surface area (Å²) in [5.41, 5.74) is 6.32. The fourth-order valence-corrected chi connectivity index (χ4v) is 3.04. The molecule has 0 saturated heterocycles. The molecule has 0 saturated carbocycles. The molecule has 1 aromatic carbocycles. The number of nitrogens with one attached hydrogen (secondary N) is 1. The van der Waals surface area contributed by atoms with Gasteiger partial charge in [-0.05, 0) is 29.7 Å². The van der Waals surface area contributed by atoms with Crippen LogP contribution in [0.4, 0.5) is 5.69 Å².